The highest BCUT2D eigenvalue weighted by Gasteiger charge is 2.20. The van der Waals surface area contributed by atoms with E-state index in [-0.39, 0.29) is 18.2 Å². The summed E-state index contributed by atoms with van der Waals surface area (Å²) >= 11 is 0. The van der Waals surface area contributed by atoms with Crippen molar-refractivity contribution < 1.29 is 28.9 Å². The number of carbonyl (C=O) groups is 2. The Kier molecular flexibility index (Phi) is 15.2. The number of unbranched alkanes of at least 4 members (excludes halogenated alkanes) is 4. The third-order valence-electron chi connectivity index (χ3n) is 5.25. The number of aliphatic carboxylic acids is 1. The summed E-state index contributed by atoms with van der Waals surface area (Å²) < 4.78 is 16.5. The van der Waals surface area contributed by atoms with E-state index in [1.165, 1.54) is 0 Å². The van der Waals surface area contributed by atoms with Crippen LogP contribution in [-0.2, 0) is 25.5 Å². The van der Waals surface area contributed by atoms with Crippen molar-refractivity contribution >= 4 is 11.9 Å². The van der Waals surface area contributed by atoms with E-state index in [1.807, 2.05) is 52.0 Å². The molecular formula is C26H43NO6. The van der Waals surface area contributed by atoms with Gasteiger partial charge in [-0.2, -0.15) is 0 Å². The van der Waals surface area contributed by atoms with Gasteiger partial charge in [-0.3, -0.25) is 4.79 Å². The van der Waals surface area contributed by atoms with Crippen LogP contribution < -0.4 is 10.1 Å². The molecule has 0 bridgehead atoms. The van der Waals surface area contributed by atoms with Gasteiger partial charge in [0, 0.05) is 19.4 Å². The lowest BCUT2D eigenvalue weighted by molar-refractivity contribution is -0.153. The molecule has 0 aliphatic carbocycles. The minimum atomic E-state index is -0.947. The lowest BCUT2D eigenvalue weighted by Gasteiger charge is -2.16. The summed E-state index contributed by atoms with van der Waals surface area (Å²) in [6.45, 7) is 9.90. The van der Waals surface area contributed by atoms with Crippen LogP contribution in [-0.4, -0.2) is 55.1 Å². The van der Waals surface area contributed by atoms with Gasteiger partial charge in [-0.1, -0.05) is 38.3 Å². The van der Waals surface area contributed by atoms with Gasteiger partial charge >= 0.3 is 11.9 Å². The zero-order chi connectivity index (χ0) is 24.5. The van der Waals surface area contributed by atoms with Crippen LogP contribution in [0.15, 0.2) is 24.3 Å². The van der Waals surface area contributed by atoms with Gasteiger partial charge in [-0.25, -0.2) is 4.79 Å². The predicted molar refractivity (Wildman–Crippen MR) is 130 cm³/mol. The van der Waals surface area contributed by atoms with Gasteiger partial charge in [0.2, 0.25) is 0 Å². The largest absolute Gasteiger partial charge is 0.492 e. The minimum absolute atomic E-state index is 0.0214. The zero-order valence-electron chi connectivity index (χ0n) is 20.8. The average molecular weight is 466 g/mol. The normalized spacial score (nSPS) is 13.0. The number of esters is 1. The van der Waals surface area contributed by atoms with Crippen molar-refractivity contribution in [1.29, 1.82) is 0 Å². The predicted octanol–water partition coefficient (Wildman–Crippen LogP) is 4.76. The van der Waals surface area contributed by atoms with Crippen molar-refractivity contribution in [1.82, 2.24) is 5.32 Å². The molecule has 0 saturated heterocycles. The Morgan fingerprint density at radius 1 is 0.970 bits per heavy atom. The second-order valence-electron chi connectivity index (χ2n) is 8.68. The Balaban J connectivity index is 2.05. The molecule has 1 aromatic rings. The summed E-state index contributed by atoms with van der Waals surface area (Å²) in [5.41, 5.74) is 0.904. The molecule has 0 saturated carbocycles. The fourth-order valence-electron chi connectivity index (χ4n) is 3.24. The average Bonchev–Trinajstić information content (AvgIpc) is 2.77. The maximum atomic E-state index is 11.6. The van der Waals surface area contributed by atoms with Gasteiger partial charge in [0.1, 0.15) is 12.4 Å². The maximum absolute atomic E-state index is 11.6. The van der Waals surface area contributed by atoms with E-state index < -0.39 is 12.1 Å². The van der Waals surface area contributed by atoms with E-state index in [0.29, 0.717) is 19.4 Å². The number of nitrogens with one attached hydrogen (secondary N) is 1. The highest BCUT2D eigenvalue weighted by Crippen LogP contribution is 2.15. The van der Waals surface area contributed by atoms with Crippen LogP contribution >= 0.6 is 0 Å². The standard InChI is InChI=1S/C26H43NO6/c1-5-21(4)33-25(28)11-9-7-6-8-10-16-27-17-18-31-23-14-12-22(13-15-23)19-24(26(29)30)32-20(2)3/h12-15,20-21,24,27H,5-11,16-19H2,1-4H3,(H,29,30). The smallest absolute Gasteiger partial charge is 0.333 e. The maximum Gasteiger partial charge on any atom is 0.333 e. The van der Waals surface area contributed by atoms with Crippen molar-refractivity contribution in [2.75, 3.05) is 19.7 Å². The molecular weight excluding hydrogens is 422 g/mol. The summed E-state index contributed by atoms with van der Waals surface area (Å²) in [5, 5.41) is 12.7. The molecule has 0 aliphatic heterocycles. The van der Waals surface area contributed by atoms with Crippen molar-refractivity contribution in [3.63, 3.8) is 0 Å². The first-order valence-corrected chi connectivity index (χ1v) is 12.3. The molecule has 0 fully saturated rings. The minimum Gasteiger partial charge on any atom is -0.492 e. The Morgan fingerprint density at radius 2 is 1.64 bits per heavy atom. The van der Waals surface area contributed by atoms with Crippen LogP contribution in [0.3, 0.4) is 0 Å². The topological polar surface area (TPSA) is 94.1 Å². The van der Waals surface area contributed by atoms with E-state index in [1.54, 1.807) is 0 Å². The lowest BCUT2D eigenvalue weighted by Crippen LogP contribution is -2.29. The van der Waals surface area contributed by atoms with Crippen molar-refractivity contribution in [3.05, 3.63) is 29.8 Å². The molecule has 0 aliphatic rings. The van der Waals surface area contributed by atoms with Crippen LogP contribution in [0.1, 0.15) is 78.2 Å². The van der Waals surface area contributed by atoms with Crippen LogP contribution in [0.5, 0.6) is 5.75 Å². The molecule has 188 valence electrons. The summed E-state index contributed by atoms with van der Waals surface area (Å²) in [5.74, 6) is -0.258. The van der Waals surface area contributed by atoms with E-state index >= 15 is 0 Å². The molecule has 33 heavy (non-hydrogen) atoms. The number of hydrogen-bond donors (Lipinski definition) is 2. The van der Waals surface area contributed by atoms with E-state index in [4.69, 9.17) is 14.2 Å². The van der Waals surface area contributed by atoms with Crippen molar-refractivity contribution in [2.24, 2.45) is 0 Å². The molecule has 0 heterocycles. The molecule has 2 atom stereocenters. The van der Waals surface area contributed by atoms with Crippen LogP contribution in [0.2, 0.25) is 0 Å². The van der Waals surface area contributed by atoms with E-state index in [0.717, 1.165) is 62.9 Å². The second-order valence-corrected chi connectivity index (χ2v) is 8.68. The molecule has 0 amide bonds. The number of benzene rings is 1. The van der Waals surface area contributed by atoms with Gasteiger partial charge in [0.25, 0.3) is 0 Å². The van der Waals surface area contributed by atoms with Crippen molar-refractivity contribution in [3.8, 4) is 5.75 Å². The first-order valence-electron chi connectivity index (χ1n) is 12.3. The Bertz CT molecular complexity index is 661. The van der Waals surface area contributed by atoms with Gasteiger partial charge in [0.15, 0.2) is 6.10 Å². The highest BCUT2D eigenvalue weighted by molar-refractivity contribution is 5.72. The van der Waals surface area contributed by atoms with E-state index in [9.17, 15) is 14.7 Å². The fraction of sp³-hybridized carbons (Fsp3) is 0.692. The number of rotatable bonds is 19. The fourth-order valence-corrected chi connectivity index (χ4v) is 3.24. The first kappa shape index (κ1) is 28.9. The molecule has 0 radical (unpaired) electrons. The van der Waals surface area contributed by atoms with Crippen molar-refractivity contribution in [2.45, 2.75) is 97.4 Å². The Labute approximate surface area is 199 Å². The van der Waals surface area contributed by atoms with Crippen LogP contribution in [0.4, 0.5) is 0 Å². The van der Waals surface area contributed by atoms with Crippen LogP contribution in [0, 0.1) is 0 Å². The number of carbonyl (C=O) groups excluding carboxylic acids is 1. The SMILES string of the molecule is CCC(C)OC(=O)CCCCCCCNCCOc1ccc(CC(OC(C)C)C(=O)O)cc1. The van der Waals surface area contributed by atoms with Gasteiger partial charge < -0.3 is 24.6 Å². The number of ether oxygens (including phenoxy) is 3. The van der Waals surface area contributed by atoms with Crippen LogP contribution in [0.25, 0.3) is 0 Å². The van der Waals surface area contributed by atoms with E-state index in [2.05, 4.69) is 5.32 Å². The Hall–Kier alpha value is -2.12. The van der Waals surface area contributed by atoms with Gasteiger partial charge in [-0.15, -0.1) is 0 Å². The molecule has 1 rings (SSSR count). The summed E-state index contributed by atoms with van der Waals surface area (Å²) in [6, 6.07) is 7.49. The third kappa shape index (κ3) is 14.6. The highest BCUT2D eigenvalue weighted by atomic mass is 16.5. The molecule has 2 unspecified atom stereocenters. The molecule has 0 aromatic heterocycles. The van der Waals surface area contributed by atoms with Gasteiger partial charge in [-0.05, 0) is 64.3 Å². The molecule has 7 nitrogen and oxygen atoms in total. The zero-order valence-corrected chi connectivity index (χ0v) is 20.8. The number of carboxylic acids is 1. The second kappa shape index (κ2) is 17.4. The molecule has 7 heteroatoms. The summed E-state index contributed by atoms with van der Waals surface area (Å²) in [6.07, 6.45) is 6.10. The third-order valence-corrected chi connectivity index (χ3v) is 5.25. The summed E-state index contributed by atoms with van der Waals surface area (Å²) in [7, 11) is 0. The summed E-state index contributed by atoms with van der Waals surface area (Å²) in [4.78, 5) is 22.9. The molecule has 0 spiro atoms. The first-order chi connectivity index (χ1) is 15.8. The molecule has 2 N–H and O–H groups in total. The molecule has 1 aromatic carbocycles. The quantitative estimate of drug-likeness (QED) is 0.225. The lowest BCUT2D eigenvalue weighted by atomic mass is 10.1. The van der Waals surface area contributed by atoms with Gasteiger partial charge in [0.05, 0.1) is 12.2 Å². The monoisotopic (exact) mass is 465 g/mol. The Morgan fingerprint density at radius 3 is 2.27 bits per heavy atom. The number of hydrogen-bond acceptors (Lipinski definition) is 6. The number of carboxylic acid groups (broad SMARTS) is 1.